The van der Waals surface area contributed by atoms with E-state index in [2.05, 4.69) is 31.3 Å². The molecule has 1 fully saturated rings. The number of nitrogens with one attached hydrogen (secondary N) is 1. The Hall–Kier alpha value is -1.59. The fourth-order valence-electron chi connectivity index (χ4n) is 2.85. The second kappa shape index (κ2) is 9.38. The van der Waals surface area contributed by atoms with E-state index < -0.39 is 0 Å². The van der Waals surface area contributed by atoms with Gasteiger partial charge in [0.2, 0.25) is 0 Å². The number of benzene rings is 2. The van der Waals surface area contributed by atoms with Gasteiger partial charge in [0, 0.05) is 5.69 Å². The summed E-state index contributed by atoms with van der Waals surface area (Å²) in [5, 5.41) is 2.95. The van der Waals surface area contributed by atoms with Gasteiger partial charge < -0.3 is 10.1 Å². The number of thioether (sulfide) groups is 2. The minimum Gasteiger partial charge on any atom is -0.484 e. The van der Waals surface area contributed by atoms with Crippen molar-refractivity contribution in [1.29, 1.82) is 0 Å². The molecule has 138 valence electrons. The van der Waals surface area contributed by atoms with Gasteiger partial charge in [-0.25, -0.2) is 0 Å². The fourth-order valence-corrected chi connectivity index (χ4v) is 5.75. The molecule has 1 saturated heterocycles. The van der Waals surface area contributed by atoms with Crippen LogP contribution in [0.2, 0.25) is 0 Å². The molecular weight excluding hydrogens is 362 g/mol. The van der Waals surface area contributed by atoms with Gasteiger partial charge >= 0.3 is 0 Å². The number of anilines is 1. The monoisotopic (exact) mass is 387 g/mol. The van der Waals surface area contributed by atoms with Crippen LogP contribution in [0, 0.1) is 0 Å². The maximum atomic E-state index is 12.2. The molecule has 1 aliphatic rings. The highest BCUT2D eigenvalue weighted by atomic mass is 32.2. The lowest BCUT2D eigenvalue weighted by atomic mass is 10.0. The van der Waals surface area contributed by atoms with Crippen LogP contribution in [0.5, 0.6) is 5.75 Å². The van der Waals surface area contributed by atoms with Crippen LogP contribution in [0.25, 0.3) is 0 Å². The van der Waals surface area contributed by atoms with Gasteiger partial charge in [-0.15, -0.1) is 23.5 Å². The molecule has 1 heterocycles. The van der Waals surface area contributed by atoms with Gasteiger partial charge in [0.25, 0.3) is 5.91 Å². The first-order chi connectivity index (χ1) is 12.6. The van der Waals surface area contributed by atoms with E-state index in [-0.39, 0.29) is 12.5 Å². The normalized spacial score (nSPS) is 15.0. The lowest BCUT2D eigenvalue weighted by Gasteiger charge is -2.21. The number of para-hydroxylation sites is 1. The quantitative estimate of drug-likeness (QED) is 0.690. The highest BCUT2D eigenvalue weighted by Crippen LogP contribution is 2.43. The number of hydrogen-bond acceptors (Lipinski definition) is 4. The van der Waals surface area contributed by atoms with Gasteiger partial charge in [-0.2, -0.15) is 0 Å². The molecule has 3 rings (SSSR count). The Morgan fingerprint density at radius 2 is 1.81 bits per heavy atom. The summed E-state index contributed by atoms with van der Waals surface area (Å²) in [5.41, 5.74) is 3.31. The van der Waals surface area contributed by atoms with Crippen molar-refractivity contribution in [1.82, 2.24) is 0 Å². The summed E-state index contributed by atoms with van der Waals surface area (Å²) < 4.78 is 6.18. The van der Waals surface area contributed by atoms with E-state index in [1.54, 1.807) is 0 Å². The topological polar surface area (TPSA) is 38.3 Å². The third-order valence-electron chi connectivity index (χ3n) is 4.21. The standard InChI is InChI=1S/C21H25NO2S2/c1-15(2)18-6-3-4-7-19(18)22-20(23)14-24-17-10-8-16(9-11-17)21-25-12-5-13-26-21/h3-4,6-11,15,21H,5,12-14H2,1-2H3,(H,22,23). The number of carbonyl (C=O) groups excluding carboxylic acids is 1. The zero-order chi connectivity index (χ0) is 18.4. The summed E-state index contributed by atoms with van der Waals surface area (Å²) in [4.78, 5) is 12.2. The van der Waals surface area contributed by atoms with Crippen molar-refractivity contribution in [2.75, 3.05) is 23.4 Å². The largest absolute Gasteiger partial charge is 0.484 e. The van der Waals surface area contributed by atoms with Crippen LogP contribution in [-0.4, -0.2) is 24.0 Å². The van der Waals surface area contributed by atoms with Crippen LogP contribution in [-0.2, 0) is 4.79 Å². The van der Waals surface area contributed by atoms with Crippen molar-refractivity contribution >= 4 is 35.1 Å². The van der Waals surface area contributed by atoms with Crippen molar-refractivity contribution in [2.24, 2.45) is 0 Å². The van der Waals surface area contributed by atoms with Gasteiger partial charge in [0.15, 0.2) is 6.61 Å². The van der Waals surface area contributed by atoms with E-state index in [1.165, 1.54) is 23.5 Å². The Morgan fingerprint density at radius 3 is 2.50 bits per heavy atom. The van der Waals surface area contributed by atoms with Crippen LogP contribution in [0.4, 0.5) is 5.69 Å². The zero-order valence-electron chi connectivity index (χ0n) is 15.2. The second-order valence-corrected chi connectivity index (χ2v) is 9.30. The molecule has 3 nitrogen and oxygen atoms in total. The minimum atomic E-state index is -0.138. The highest BCUT2D eigenvalue weighted by molar-refractivity contribution is 8.16. The highest BCUT2D eigenvalue weighted by Gasteiger charge is 2.16. The van der Waals surface area contributed by atoms with Gasteiger partial charge in [-0.1, -0.05) is 44.2 Å². The third kappa shape index (κ3) is 5.21. The smallest absolute Gasteiger partial charge is 0.262 e. The van der Waals surface area contributed by atoms with Crippen molar-refractivity contribution in [3.8, 4) is 5.75 Å². The number of ether oxygens (including phenoxy) is 1. The molecule has 2 aromatic carbocycles. The van der Waals surface area contributed by atoms with E-state index in [0.29, 0.717) is 10.5 Å². The van der Waals surface area contributed by atoms with Crippen molar-refractivity contribution in [3.05, 3.63) is 59.7 Å². The average Bonchev–Trinajstić information content (AvgIpc) is 2.68. The molecule has 1 amide bonds. The van der Waals surface area contributed by atoms with E-state index >= 15 is 0 Å². The predicted molar refractivity (Wildman–Crippen MR) is 113 cm³/mol. The van der Waals surface area contributed by atoms with E-state index in [0.717, 1.165) is 17.0 Å². The Kier molecular flexibility index (Phi) is 6.92. The molecule has 2 aromatic rings. The molecule has 0 atom stereocenters. The predicted octanol–water partition coefficient (Wildman–Crippen LogP) is 5.70. The summed E-state index contributed by atoms with van der Waals surface area (Å²) in [6.45, 7) is 4.25. The molecule has 0 aliphatic carbocycles. The van der Waals surface area contributed by atoms with Crippen LogP contribution in [0.1, 0.15) is 41.9 Å². The third-order valence-corrected chi connectivity index (χ3v) is 7.22. The molecule has 0 spiro atoms. The lowest BCUT2D eigenvalue weighted by Crippen LogP contribution is -2.21. The number of carbonyl (C=O) groups is 1. The molecule has 26 heavy (non-hydrogen) atoms. The number of amides is 1. The number of rotatable bonds is 6. The maximum absolute atomic E-state index is 12.2. The number of hydrogen-bond donors (Lipinski definition) is 1. The van der Waals surface area contributed by atoms with Crippen LogP contribution in [0.15, 0.2) is 48.5 Å². The Labute approximate surface area is 164 Å². The second-order valence-electron chi connectivity index (χ2n) is 6.57. The average molecular weight is 388 g/mol. The van der Waals surface area contributed by atoms with Gasteiger partial charge in [0.1, 0.15) is 5.75 Å². The van der Waals surface area contributed by atoms with Crippen LogP contribution < -0.4 is 10.1 Å². The first-order valence-electron chi connectivity index (χ1n) is 8.98. The summed E-state index contributed by atoms with van der Waals surface area (Å²) in [5.74, 6) is 3.41. The first-order valence-corrected chi connectivity index (χ1v) is 11.1. The van der Waals surface area contributed by atoms with Gasteiger partial charge in [0.05, 0.1) is 4.58 Å². The molecular formula is C21H25NO2S2. The van der Waals surface area contributed by atoms with Crippen LogP contribution in [0.3, 0.4) is 0 Å². The van der Waals surface area contributed by atoms with Crippen molar-refractivity contribution in [3.63, 3.8) is 0 Å². The maximum Gasteiger partial charge on any atom is 0.262 e. The zero-order valence-corrected chi connectivity index (χ0v) is 16.9. The van der Waals surface area contributed by atoms with Crippen LogP contribution >= 0.6 is 23.5 Å². The molecule has 0 radical (unpaired) electrons. The molecule has 5 heteroatoms. The van der Waals surface area contributed by atoms with Gasteiger partial charge in [-0.05, 0) is 53.2 Å². The molecule has 1 N–H and O–H groups in total. The Morgan fingerprint density at radius 1 is 1.12 bits per heavy atom. The summed E-state index contributed by atoms with van der Waals surface area (Å²) >= 11 is 4.01. The minimum absolute atomic E-state index is 0.0126. The molecule has 0 unspecified atom stereocenters. The molecule has 0 aromatic heterocycles. The Bertz CT molecular complexity index is 725. The van der Waals surface area contributed by atoms with E-state index in [1.807, 2.05) is 59.9 Å². The summed E-state index contributed by atoms with van der Waals surface area (Å²) in [7, 11) is 0. The SMILES string of the molecule is CC(C)c1ccccc1NC(=O)COc1ccc(C2SCCCS2)cc1. The molecule has 0 saturated carbocycles. The van der Waals surface area contributed by atoms with Crippen molar-refractivity contribution < 1.29 is 9.53 Å². The van der Waals surface area contributed by atoms with E-state index in [4.69, 9.17) is 4.74 Å². The lowest BCUT2D eigenvalue weighted by molar-refractivity contribution is -0.118. The summed E-state index contributed by atoms with van der Waals surface area (Å²) in [6, 6.07) is 16.0. The fraction of sp³-hybridized carbons (Fsp3) is 0.381. The van der Waals surface area contributed by atoms with Crippen molar-refractivity contribution in [2.45, 2.75) is 30.8 Å². The molecule has 1 aliphatic heterocycles. The first kappa shape index (κ1) is 19.2. The van der Waals surface area contributed by atoms with Gasteiger partial charge in [-0.3, -0.25) is 4.79 Å². The Balaban J connectivity index is 1.53. The van der Waals surface area contributed by atoms with E-state index in [9.17, 15) is 4.79 Å². The summed E-state index contributed by atoms with van der Waals surface area (Å²) in [6.07, 6.45) is 1.29. The molecule has 0 bridgehead atoms.